The molecule has 1 amide bonds. The SMILES string of the molecule is CC1C(CSc2ccccc2)OC(c2ccc(-c3cccc(CNC(=O)c4c(F)c(F)c(F)c(F)c4F)c3)cc2)OC1c1ccc(CO)cc1. The summed E-state index contributed by atoms with van der Waals surface area (Å²) in [6, 6.07) is 32.4. The summed E-state index contributed by atoms with van der Waals surface area (Å²) < 4.78 is 81.9. The third kappa shape index (κ3) is 7.61. The first-order chi connectivity index (χ1) is 24.1. The molecule has 0 spiro atoms. The predicted octanol–water partition coefficient (Wildman–Crippen LogP) is 9.06. The van der Waals surface area contributed by atoms with E-state index in [9.17, 15) is 31.9 Å². The van der Waals surface area contributed by atoms with Crippen LogP contribution in [-0.2, 0) is 22.6 Å². The van der Waals surface area contributed by atoms with Crippen LogP contribution in [0.2, 0.25) is 0 Å². The first-order valence-electron chi connectivity index (χ1n) is 15.8. The summed E-state index contributed by atoms with van der Waals surface area (Å²) in [6.07, 6.45) is -1.07. The molecule has 1 aliphatic heterocycles. The second kappa shape index (κ2) is 15.6. The van der Waals surface area contributed by atoms with Gasteiger partial charge in [0.25, 0.3) is 5.91 Å². The Hall–Kier alpha value is -4.55. The van der Waals surface area contributed by atoms with Crippen LogP contribution < -0.4 is 5.32 Å². The van der Waals surface area contributed by atoms with Gasteiger partial charge in [-0.05, 0) is 46.0 Å². The Balaban J connectivity index is 1.18. The van der Waals surface area contributed by atoms with Gasteiger partial charge in [0.2, 0.25) is 5.82 Å². The lowest BCUT2D eigenvalue weighted by atomic mass is 9.91. The number of ether oxygens (including phenoxy) is 2. The largest absolute Gasteiger partial charge is 0.392 e. The molecule has 5 nitrogen and oxygen atoms in total. The van der Waals surface area contributed by atoms with Crippen molar-refractivity contribution >= 4 is 17.7 Å². The second-order valence-corrected chi connectivity index (χ2v) is 13.0. The number of hydrogen-bond acceptors (Lipinski definition) is 5. The molecule has 1 saturated heterocycles. The molecule has 5 aromatic carbocycles. The van der Waals surface area contributed by atoms with Crippen LogP contribution in [0.4, 0.5) is 22.0 Å². The van der Waals surface area contributed by atoms with Gasteiger partial charge in [0.05, 0.1) is 18.8 Å². The molecule has 1 heterocycles. The Morgan fingerprint density at radius 2 is 1.36 bits per heavy atom. The van der Waals surface area contributed by atoms with Gasteiger partial charge in [0, 0.05) is 28.7 Å². The Morgan fingerprint density at radius 1 is 0.720 bits per heavy atom. The Kier molecular flexibility index (Phi) is 11.0. The minimum absolute atomic E-state index is 0.0269. The molecule has 5 aromatic rings. The molecule has 4 unspecified atom stereocenters. The molecule has 0 bridgehead atoms. The van der Waals surface area contributed by atoms with Crippen molar-refractivity contribution in [2.75, 3.05) is 5.75 Å². The summed E-state index contributed by atoms with van der Waals surface area (Å²) in [7, 11) is 0. The monoisotopic (exact) mass is 705 g/mol. The maximum Gasteiger partial charge on any atom is 0.257 e. The van der Waals surface area contributed by atoms with Crippen molar-refractivity contribution in [2.45, 2.75) is 43.5 Å². The maximum absolute atomic E-state index is 14.1. The lowest BCUT2D eigenvalue weighted by Gasteiger charge is -2.41. The zero-order valence-electron chi connectivity index (χ0n) is 26.7. The highest BCUT2D eigenvalue weighted by Crippen LogP contribution is 2.43. The predicted molar refractivity (Wildman–Crippen MR) is 179 cm³/mol. The lowest BCUT2D eigenvalue weighted by molar-refractivity contribution is -0.268. The zero-order valence-corrected chi connectivity index (χ0v) is 27.5. The van der Waals surface area contributed by atoms with E-state index in [1.165, 1.54) is 0 Å². The van der Waals surface area contributed by atoms with Gasteiger partial charge in [0.1, 0.15) is 5.56 Å². The second-order valence-electron chi connectivity index (χ2n) is 11.9. The van der Waals surface area contributed by atoms with E-state index >= 15 is 0 Å². The molecule has 2 N–H and O–H groups in total. The molecule has 6 rings (SSSR count). The van der Waals surface area contributed by atoms with Crippen LogP contribution >= 0.6 is 11.8 Å². The number of aliphatic hydroxyl groups is 1. The standard InChI is InChI=1S/C39H32F5NO4S/c1-22-30(21-50-29-8-3-2-4-9-29)48-39(49-37(22)26-12-10-23(20-46)11-13-26)27-16-14-25(15-17-27)28-7-5-6-24(18-28)19-45-38(47)31-32(40)34(42)36(44)35(43)33(31)41/h2-18,22,30,37,39,46H,19-21H2,1H3,(H,45,47). The van der Waals surface area contributed by atoms with E-state index in [-0.39, 0.29) is 31.3 Å². The Morgan fingerprint density at radius 3 is 2.02 bits per heavy atom. The molecule has 4 atom stereocenters. The molecule has 1 aliphatic rings. The van der Waals surface area contributed by atoms with E-state index in [2.05, 4.69) is 24.4 Å². The number of thioether (sulfide) groups is 1. The maximum atomic E-state index is 14.1. The number of nitrogens with one attached hydrogen (secondary N) is 1. The molecule has 0 aromatic heterocycles. The molecule has 0 aliphatic carbocycles. The van der Waals surface area contributed by atoms with Gasteiger partial charge in [-0.1, -0.05) is 91.9 Å². The number of hydrogen-bond donors (Lipinski definition) is 2. The van der Waals surface area contributed by atoms with E-state index in [1.54, 1.807) is 30.0 Å². The van der Waals surface area contributed by atoms with Crippen LogP contribution in [0.15, 0.2) is 108 Å². The van der Waals surface area contributed by atoms with Crippen molar-refractivity contribution in [3.05, 3.63) is 160 Å². The zero-order chi connectivity index (χ0) is 35.4. The molecule has 0 saturated carbocycles. The average molecular weight is 706 g/mol. The van der Waals surface area contributed by atoms with Gasteiger partial charge in [-0.15, -0.1) is 11.8 Å². The quantitative estimate of drug-likeness (QED) is 0.0657. The van der Waals surface area contributed by atoms with Crippen molar-refractivity contribution < 1.29 is 41.3 Å². The van der Waals surface area contributed by atoms with Crippen molar-refractivity contribution in [1.29, 1.82) is 0 Å². The summed E-state index contributed by atoms with van der Waals surface area (Å²) in [5.41, 5.74) is 3.17. The van der Waals surface area contributed by atoms with Gasteiger partial charge in [-0.25, -0.2) is 22.0 Å². The highest BCUT2D eigenvalue weighted by molar-refractivity contribution is 7.99. The van der Waals surface area contributed by atoms with Crippen LogP contribution in [0.5, 0.6) is 0 Å². The van der Waals surface area contributed by atoms with Gasteiger partial charge in [-0.2, -0.15) is 0 Å². The van der Waals surface area contributed by atoms with Crippen LogP contribution in [0, 0.1) is 35.0 Å². The Labute approximate surface area is 290 Å². The van der Waals surface area contributed by atoms with Crippen molar-refractivity contribution in [1.82, 2.24) is 5.32 Å². The van der Waals surface area contributed by atoms with E-state index in [0.29, 0.717) is 11.3 Å². The highest BCUT2D eigenvalue weighted by Gasteiger charge is 2.38. The van der Waals surface area contributed by atoms with Crippen molar-refractivity contribution in [3.63, 3.8) is 0 Å². The number of halogens is 5. The van der Waals surface area contributed by atoms with Gasteiger partial charge in [0.15, 0.2) is 29.6 Å². The normalized spacial score (nSPS) is 18.9. The van der Waals surface area contributed by atoms with Crippen LogP contribution in [0.1, 0.15) is 51.9 Å². The third-order valence-electron chi connectivity index (χ3n) is 8.61. The minimum Gasteiger partial charge on any atom is -0.392 e. The molecular formula is C39H32F5NO4S. The number of amides is 1. The van der Waals surface area contributed by atoms with E-state index in [4.69, 9.17) is 9.47 Å². The van der Waals surface area contributed by atoms with Crippen LogP contribution in [-0.4, -0.2) is 22.9 Å². The first-order valence-corrected chi connectivity index (χ1v) is 16.8. The van der Waals surface area contributed by atoms with Crippen molar-refractivity contribution in [3.8, 4) is 11.1 Å². The van der Waals surface area contributed by atoms with E-state index in [0.717, 1.165) is 32.7 Å². The van der Waals surface area contributed by atoms with Crippen LogP contribution in [0.25, 0.3) is 11.1 Å². The summed E-state index contributed by atoms with van der Waals surface area (Å²) >= 11 is 1.71. The fourth-order valence-corrected chi connectivity index (χ4v) is 6.86. The van der Waals surface area contributed by atoms with Gasteiger partial charge < -0.3 is 19.9 Å². The summed E-state index contributed by atoms with van der Waals surface area (Å²) in [5.74, 6) is -11.8. The smallest absolute Gasteiger partial charge is 0.257 e. The topological polar surface area (TPSA) is 67.8 Å². The molecule has 11 heteroatoms. The number of rotatable bonds is 10. The first kappa shape index (κ1) is 35.3. The minimum atomic E-state index is -2.33. The molecule has 50 heavy (non-hydrogen) atoms. The molecule has 1 fully saturated rings. The Bertz CT molecular complexity index is 1930. The molecular weight excluding hydrogens is 673 g/mol. The summed E-state index contributed by atoms with van der Waals surface area (Å²) in [4.78, 5) is 13.6. The molecule has 0 radical (unpaired) electrons. The highest BCUT2D eigenvalue weighted by atomic mass is 32.2. The lowest BCUT2D eigenvalue weighted by Crippen LogP contribution is -2.38. The van der Waals surface area contributed by atoms with Gasteiger partial charge in [-0.3, -0.25) is 4.79 Å². The fraction of sp³-hybridized carbons (Fsp3) is 0.205. The number of carbonyl (C=O) groups excluding carboxylic acids is 1. The number of benzene rings is 5. The fourth-order valence-electron chi connectivity index (χ4n) is 5.77. The molecule has 258 valence electrons. The van der Waals surface area contributed by atoms with Gasteiger partial charge >= 0.3 is 0 Å². The number of carbonyl (C=O) groups is 1. The van der Waals surface area contributed by atoms with E-state index < -0.39 is 46.8 Å². The summed E-state index contributed by atoms with van der Waals surface area (Å²) in [5, 5.41) is 11.8. The van der Waals surface area contributed by atoms with E-state index in [1.807, 2.05) is 72.8 Å². The van der Waals surface area contributed by atoms with Crippen molar-refractivity contribution in [2.24, 2.45) is 5.92 Å². The summed E-state index contributed by atoms with van der Waals surface area (Å²) in [6.45, 7) is 1.83. The third-order valence-corrected chi connectivity index (χ3v) is 9.71. The average Bonchev–Trinajstić information content (AvgIpc) is 3.16. The van der Waals surface area contributed by atoms with Crippen LogP contribution in [0.3, 0.4) is 0 Å². The number of aliphatic hydroxyl groups excluding tert-OH is 1.